The van der Waals surface area contributed by atoms with Crippen LogP contribution in [0.25, 0.3) is 0 Å². The van der Waals surface area contributed by atoms with Crippen molar-refractivity contribution in [3.8, 4) is 0 Å². The van der Waals surface area contributed by atoms with Gasteiger partial charge in [-0.25, -0.2) is 0 Å². The number of hydrogen-bond acceptors (Lipinski definition) is 3. The third kappa shape index (κ3) is 5.37. The van der Waals surface area contributed by atoms with Crippen LogP contribution in [0.5, 0.6) is 0 Å². The second-order valence-corrected chi connectivity index (χ2v) is 6.12. The molecule has 0 aromatic heterocycles. The Balaban J connectivity index is 1.91. The van der Waals surface area contributed by atoms with Crippen molar-refractivity contribution >= 4 is 17.5 Å². The molecule has 1 aliphatic rings. The molecule has 0 spiro atoms. The van der Waals surface area contributed by atoms with E-state index in [9.17, 15) is 22.8 Å². The van der Waals surface area contributed by atoms with E-state index in [0.29, 0.717) is 25.9 Å². The van der Waals surface area contributed by atoms with Crippen LogP contribution in [0.4, 0.5) is 18.9 Å². The van der Waals surface area contributed by atoms with Crippen LogP contribution in [-0.4, -0.2) is 29.8 Å². The fourth-order valence-electron chi connectivity index (χ4n) is 2.80. The van der Waals surface area contributed by atoms with E-state index in [1.54, 1.807) is 4.90 Å². The Morgan fingerprint density at radius 1 is 1.32 bits per heavy atom. The van der Waals surface area contributed by atoms with Gasteiger partial charge in [-0.2, -0.15) is 13.2 Å². The van der Waals surface area contributed by atoms with Crippen LogP contribution in [0.2, 0.25) is 0 Å². The quantitative estimate of drug-likeness (QED) is 0.796. The molecule has 2 amide bonds. The minimum Gasteiger partial charge on any atom is -0.342 e. The van der Waals surface area contributed by atoms with E-state index in [1.807, 2.05) is 6.92 Å². The number of piperidine rings is 1. The maximum atomic E-state index is 12.7. The molecule has 0 bridgehead atoms. The van der Waals surface area contributed by atoms with Crippen molar-refractivity contribution in [2.24, 2.45) is 5.92 Å². The summed E-state index contributed by atoms with van der Waals surface area (Å²) in [5, 5.41) is 0. The molecule has 1 fully saturated rings. The van der Waals surface area contributed by atoms with Crippen LogP contribution < -0.4 is 10.9 Å². The lowest BCUT2D eigenvalue weighted by Gasteiger charge is -2.32. The number of likely N-dealkylation sites (tertiary alicyclic amines) is 1. The summed E-state index contributed by atoms with van der Waals surface area (Å²) in [5.41, 5.74) is 4.32. The number of nitrogens with one attached hydrogen (secondary N) is 2. The summed E-state index contributed by atoms with van der Waals surface area (Å²) in [6.07, 6.45) is -1.85. The lowest BCUT2D eigenvalue weighted by atomic mass is 9.97. The van der Waals surface area contributed by atoms with Crippen molar-refractivity contribution in [2.45, 2.75) is 38.8 Å². The highest BCUT2D eigenvalue weighted by Crippen LogP contribution is 2.30. The Hall–Kier alpha value is -2.25. The second kappa shape index (κ2) is 8.22. The average Bonchev–Trinajstić information content (AvgIpc) is 2.59. The van der Waals surface area contributed by atoms with Crippen LogP contribution in [0, 0.1) is 5.92 Å². The lowest BCUT2D eigenvalue weighted by molar-refractivity contribution is -0.137. The second-order valence-electron chi connectivity index (χ2n) is 6.12. The SMILES string of the molecule is CCCC(=O)N1CCCC(C(=O)NNc2cccc(C(F)(F)F)c2)C1. The van der Waals surface area contributed by atoms with Gasteiger partial charge in [-0.15, -0.1) is 0 Å². The lowest BCUT2D eigenvalue weighted by Crippen LogP contribution is -2.46. The maximum absolute atomic E-state index is 12.7. The van der Waals surface area contributed by atoms with Gasteiger partial charge in [0.25, 0.3) is 0 Å². The van der Waals surface area contributed by atoms with E-state index in [-0.39, 0.29) is 23.4 Å². The van der Waals surface area contributed by atoms with Crippen molar-refractivity contribution in [1.82, 2.24) is 10.3 Å². The number of amides is 2. The zero-order chi connectivity index (χ0) is 18.4. The Morgan fingerprint density at radius 2 is 2.08 bits per heavy atom. The van der Waals surface area contributed by atoms with Gasteiger partial charge in [0, 0.05) is 19.5 Å². The molecule has 1 saturated heterocycles. The fraction of sp³-hybridized carbons (Fsp3) is 0.529. The first-order chi connectivity index (χ1) is 11.8. The number of nitrogens with zero attached hydrogens (tertiary/aromatic N) is 1. The molecule has 0 saturated carbocycles. The van der Waals surface area contributed by atoms with E-state index in [4.69, 9.17) is 0 Å². The first kappa shape index (κ1) is 19.1. The van der Waals surface area contributed by atoms with Crippen molar-refractivity contribution in [3.05, 3.63) is 29.8 Å². The summed E-state index contributed by atoms with van der Waals surface area (Å²) in [7, 11) is 0. The van der Waals surface area contributed by atoms with E-state index in [0.717, 1.165) is 25.0 Å². The topological polar surface area (TPSA) is 61.4 Å². The van der Waals surface area contributed by atoms with Gasteiger partial charge in [-0.3, -0.25) is 20.4 Å². The van der Waals surface area contributed by atoms with Gasteiger partial charge >= 0.3 is 6.18 Å². The summed E-state index contributed by atoms with van der Waals surface area (Å²) in [6.45, 7) is 2.91. The Bertz CT molecular complexity index is 619. The van der Waals surface area contributed by atoms with Crippen LogP contribution in [-0.2, 0) is 15.8 Å². The largest absolute Gasteiger partial charge is 0.416 e. The summed E-state index contributed by atoms with van der Waals surface area (Å²) < 4.78 is 38.1. The molecule has 0 aliphatic carbocycles. The van der Waals surface area contributed by atoms with E-state index in [2.05, 4.69) is 10.9 Å². The molecule has 5 nitrogen and oxygen atoms in total. The van der Waals surface area contributed by atoms with Crippen LogP contribution in [0.15, 0.2) is 24.3 Å². The number of halogens is 3. The van der Waals surface area contributed by atoms with E-state index < -0.39 is 11.7 Å². The van der Waals surface area contributed by atoms with Gasteiger partial charge in [0.1, 0.15) is 0 Å². The van der Waals surface area contributed by atoms with Gasteiger partial charge in [-0.05, 0) is 37.5 Å². The smallest absolute Gasteiger partial charge is 0.342 e. The normalized spacial score (nSPS) is 17.9. The van der Waals surface area contributed by atoms with Crippen LogP contribution >= 0.6 is 0 Å². The number of alkyl halides is 3. The predicted octanol–water partition coefficient (Wildman–Crippen LogP) is 3.19. The zero-order valence-corrected chi connectivity index (χ0v) is 14.0. The molecule has 1 atom stereocenters. The van der Waals surface area contributed by atoms with Crippen molar-refractivity contribution in [1.29, 1.82) is 0 Å². The number of carbonyl (C=O) groups excluding carboxylic acids is 2. The molecule has 0 radical (unpaired) electrons. The van der Waals surface area contributed by atoms with Gasteiger partial charge in [0.15, 0.2) is 0 Å². The number of carbonyl (C=O) groups is 2. The molecule has 25 heavy (non-hydrogen) atoms. The molecule has 1 heterocycles. The highest BCUT2D eigenvalue weighted by atomic mass is 19.4. The number of benzene rings is 1. The van der Waals surface area contributed by atoms with Crippen molar-refractivity contribution in [3.63, 3.8) is 0 Å². The van der Waals surface area contributed by atoms with Gasteiger partial charge in [0.2, 0.25) is 11.8 Å². The molecular formula is C17H22F3N3O2. The minimum absolute atomic E-state index is 0.0332. The maximum Gasteiger partial charge on any atom is 0.416 e. The number of hydrogen-bond donors (Lipinski definition) is 2. The first-order valence-corrected chi connectivity index (χ1v) is 8.32. The highest BCUT2D eigenvalue weighted by Gasteiger charge is 2.31. The monoisotopic (exact) mass is 357 g/mol. The molecule has 1 unspecified atom stereocenters. The van der Waals surface area contributed by atoms with Gasteiger partial charge in [-0.1, -0.05) is 13.0 Å². The first-order valence-electron chi connectivity index (χ1n) is 8.32. The molecule has 2 N–H and O–H groups in total. The molecule has 1 aromatic rings. The number of anilines is 1. The average molecular weight is 357 g/mol. The zero-order valence-electron chi connectivity index (χ0n) is 14.0. The summed E-state index contributed by atoms with van der Waals surface area (Å²) in [5.74, 6) is -0.662. The molecule has 1 aromatic carbocycles. The predicted molar refractivity (Wildman–Crippen MR) is 87.4 cm³/mol. The molecule has 138 valence electrons. The summed E-state index contributed by atoms with van der Waals surface area (Å²) in [6, 6.07) is 4.60. The molecule has 1 aliphatic heterocycles. The Kier molecular flexibility index (Phi) is 6.27. The summed E-state index contributed by atoms with van der Waals surface area (Å²) >= 11 is 0. The third-order valence-corrected chi connectivity index (χ3v) is 4.13. The van der Waals surface area contributed by atoms with Crippen LogP contribution in [0.1, 0.15) is 38.2 Å². The Labute approximate surface area is 144 Å². The van der Waals surface area contributed by atoms with Crippen LogP contribution in [0.3, 0.4) is 0 Å². The number of hydrazine groups is 1. The third-order valence-electron chi connectivity index (χ3n) is 4.13. The van der Waals surface area contributed by atoms with Crippen molar-refractivity contribution < 1.29 is 22.8 Å². The highest BCUT2D eigenvalue weighted by molar-refractivity contribution is 5.82. The summed E-state index contributed by atoms with van der Waals surface area (Å²) in [4.78, 5) is 25.9. The molecule has 2 rings (SSSR count). The van der Waals surface area contributed by atoms with E-state index >= 15 is 0 Å². The van der Waals surface area contributed by atoms with E-state index in [1.165, 1.54) is 12.1 Å². The van der Waals surface area contributed by atoms with Crippen molar-refractivity contribution in [2.75, 3.05) is 18.5 Å². The Morgan fingerprint density at radius 3 is 2.76 bits per heavy atom. The number of rotatable bonds is 5. The standard InChI is InChI=1S/C17H22F3N3O2/c1-2-5-15(24)23-9-4-6-12(11-23)16(25)22-21-14-8-3-7-13(10-14)17(18,19)20/h3,7-8,10,12,21H,2,4-6,9,11H2,1H3,(H,22,25). The van der Waals surface area contributed by atoms with Gasteiger partial charge < -0.3 is 4.90 Å². The molecular weight excluding hydrogens is 335 g/mol. The minimum atomic E-state index is -4.44. The fourth-order valence-corrected chi connectivity index (χ4v) is 2.80. The van der Waals surface area contributed by atoms with Gasteiger partial charge in [0.05, 0.1) is 17.2 Å². The molecule has 8 heteroatoms.